The van der Waals surface area contributed by atoms with Crippen LogP contribution in [0.15, 0.2) is 53.3 Å². The van der Waals surface area contributed by atoms with E-state index in [1.165, 1.54) is 10.2 Å². The Morgan fingerprint density at radius 3 is 2.50 bits per heavy atom. The van der Waals surface area contributed by atoms with Crippen LogP contribution in [0.1, 0.15) is 17.7 Å². The average molecular weight is 425 g/mol. The fraction of sp³-hybridized carbons (Fsp3) is 0.348. The molecule has 4 rings (SSSR count). The van der Waals surface area contributed by atoms with Crippen molar-refractivity contribution >= 4 is 28.3 Å². The highest BCUT2D eigenvalue weighted by Gasteiger charge is 2.21. The van der Waals surface area contributed by atoms with Gasteiger partial charge in [0.15, 0.2) is 0 Å². The first-order valence-corrected chi connectivity index (χ1v) is 10.6. The molecule has 0 bridgehead atoms. The van der Waals surface area contributed by atoms with Crippen molar-refractivity contribution in [3.8, 4) is 0 Å². The van der Waals surface area contributed by atoms with E-state index in [1.54, 1.807) is 13.1 Å². The van der Waals surface area contributed by atoms with Gasteiger partial charge in [-0.05, 0) is 30.2 Å². The van der Waals surface area contributed by atoms with Crippen LogP contribution in [0.4, 0.5) is 0 Å². The van der Waals surface area contributed by atoms with Crippen molar-refractivity contribution in [2.75, 3.05) is 26.2 Å². The number of aromatic nitrogens is 2. The number of hydrogen-bond acceptors (Lipinski definition) is 4. The van der Waals surface area contributed by atoms with Crippen LogP contribution in [-0.4, -0.2) is 51.7 Å². The number of aryl methyl sites for hydroxylation is 1. The Kier molecular flexibility index (Phi) is 6.16. The highest BCUT2D eigenvalue weighted by atomic mass is 35.5. The van der Waals surface area contributed by atoms with E-state index < -0.39 is 0 Å². The van der Waals surface area contributed by atoms with Gasteiger partial charge in [0.25, 0.3) is 5.56 Å². The predicted octanol–water partition coefficient (Wildman–Crippen LogP) is 2.86. The van der Waals surface area contributed by atoms with Crippen molar-refractivity contribution in [3.05, 3.63) is 75.2 Å². The van der Waals surface area contributed by atoms with Crippen molar-refractivity contribution in [3.63, 3.8) is 0 Å². The first-order valence-electron chi connectivity index (χ1n) is 10.2. The average Bonchev–Trinajstić information content (AvgIpc) is 2.99. The second-order valence-corrected chi connectivity index (χ2v) is 8.17. The third-order valence-corrected chi connectivity index (χ3v) is 5.86. The zero-order valence-electron chi connectivity index (χ0n) is 17.1. The SMILES string of the molecule is Cn1nc(CC(=O)N2CCCN(Cc3ccc(Cl)cc3)CC2)c2ccccc2c1=O. The van der Waals surface area contributed by atoms with Gasteiger partial charge in [0.1, 0.15) is 0 Å². The maximum Gasteiger partial charge on any atom is 0.274 e. The van der Waals surface area contributed by atoms with Gasteiger partial charge in [-0.3, -0.25) is 14.5 Å². The van der Waals surface area contributed by atoms with Crippen LogP contribution in [-0.2, 0) is 24.8 Å². The summed E-state index contributed by atoms with van der Waals surface area (Å²) in [4.78, 5) is 29.6. The van der Waals surface area contributed by atoms with Crippen LogP contribution in [0.25, 0.3) is 10.8 Å². The number of carbonyl (C=O) groups is 1. The predicted molar refractivity (Wildman–Crippen MR) is 119 cm³/mol. The first-order chi connectivity index (χ1) is 14.5. The Morgan fingerprint density at radius 2 is 1.73 bits per heavy atom. The standard InChI is InChI=1S/C23H25ClN4O2/c1-26-23(30)20-6-3-2-5-19(20)21(25-26)15-22(29)28-12-4-11-27(13-14-28)16-17-7-9-18(24)10-8-17/h2-3,5-10H,4,11-16H2,1H3. The van der Waals surface area contributed by atoms with E-state index in [2.05, 4.69) is 10.00 Å². The third-order valence-electron chi connectivity index (χ3n) is 5.61. The third kappa shape index (κ3) is 4.55. The maximum atomic E-state index is 13.0. The summed E-state index contributed by atoms with van der Waals surface area (Å²) in [5.74, 6) is 0.0552. The lowest BCUT2D eigenvalue weighted by atomic mass is 10.1. The molecule has 0 saturated carbocycles. The maximum absolute atomic E-state index is 13.0. The number of rotatable bonds is 4. The molecule has 1 aromatic heterocycles. The zero-order valence-corrected chi connectivity index (χ0v) is 17.8. The molecule has 1 fully saturated rings. The molecule has 2 heterocycles. The molecule has 30 heavy (non-hydrogen) atoms. The van der Waals surface area contributed by atoms with Crippen LogP contribution >= 0.6 is 11.6 Å². The number of halogens is 1. The smallest absolute Gasteiger partial charge is 0.274 e. The lowest BCUT2D eigenvalue weighted by molar-refractivity contribution is -0.130. The molecule has 1 aliphatic rings. The number of hydrogen-bond donors (Lipinski definition) is 0. The fourth-order valence-corrected chi connectivity index (χ4v) is 4.11. The molecular weight excluding hydrogens is 400 g/mol. The summed E-state index contributed by atoms with van der Waals surface area (Å²) in [5, 5.41) is 6.47. The Bertz CT molecular complexity index is 1110. The fourth-order valence-electron chi connectivity index (χ4n) is 3.99. The summed E-state index contributed by atoms with van der Waals surface area (Å²) < 4.78 is 1.32. The molecular formula is C23H25ClN4O2. The topological polar surface area (TPSA) is 58.4 Å². The van der Waals surface area contributed by atoms with Gasteiger partial charge in [-0.2, -0.15) is 5.10 Å². The minimum absolute atomic E-state index is 0.0552. The van der Waals surface area contributed by atoms with Crippen LogP contribution in [0, 0.1) is 0 Å². The molecule has 0 atom stereocenters. The molecule has 0 N–H and O–H groups in total. The van der Waals surface area contributed by atoms with Crippen LogP contribution in [0.3, 0.4) is 0 Å². The zero-order chi connectivity index (χ0) is 21.1. The lowest BCUT2D eigenvalue weighted by Gasteiger charge is -2.22. The number of benzene rings is 2. The van der Waals surface area contributed by atoms with Crippen molar-refractivity contribution in [1.82, 2.24) is 19.6 Å². The summed E-state index contributed by atoms with van der Waals surface area (Å²) in [6.07, 6.45) is 1.13. The summed E-state index contributed by atoms with van der Waals surface area (Å²) in [6.45, 7) is 4.06. The van der Waals surface area contributed by atoms with Crippen molar-refractivity contribution in [2.24, 2.45) is 7.05 Å². The normalized spacial score (nSPS) is 15.3. The van der Waals surface area contributed by atoms with Crippen molar-refractivity contribution in [1.29, 1.82) is 0 Å². The van der Waals surface area contributed by atoms with Crippen LogP contribution in [0.2, 0.25) is 5.02 Å². The summed E-state index contributed by atoms with van der Waals surface area (Å²) in [6, 6.07) is 15.3. The number of nitrogens with zero attached hydrogens (tertiary/aromatic N) is 4. The van der Waals surface area contributed by atoms with E-state index in [9.17, 15) is 9.59 Å². The molecule has 0 radical (unpaired) electrons. The molecule has 0 unspecified atom stereocenters. The van der Waals surface area contributed by atoms with Gasteiger partial charge in [0.05, 0.1) is 17.5 Å². The number of amides is 1. The van der Waals surface area contributed by atoms with Gasteiger partial charge in [-0.1, -0.05) is 41.9 Å². The van der Waals surface area contributed by atoms with Crippen molar-refractivity contribution in [2.45, 2.75) is 19.4 Å². The molecule has 1 amide bonds. The highest BCUT2D eigenvalue weighted by Crippen LogP contribution is 2.16. The lowest BCUT2D eigenvalue weighted by Crippen LogP contribution is -2.36. The van der Waals surface area contributed by atoms with Crippen LogP contribution < -0.4 is 5.56 Å². The van der Waals surface area contributed by atoms with E-state index in [0.717, 1.165) is 43.0 Å². The first kappa shape index (κ1) is 20.6. The minimum atomic E-state index is -0.144. The number of carbonyl (C=O) groups excluding carboxylic acids is 1. The second-order valence-electron chi connectivity index (χ2n) is 7.73. The summed E-state index contributed by atoms with van der Waals surface area (Å²) in [5.41, 5.74) is 1.73. The van der Waals surface area contributed by atoms with E-state index in [4.69, 9.17) is 11.6 Å². The van der Waals surface area contributed by atoms with Crippen molar-refractivity contribution < 1.29 is 4.79 Å². The molecule has 1 aliphatic heterocycles. The largest absolute Gasteiger partial charge is 0.341 e. The summed E-state index contributed by atoms with van der Waals surface area (Å²) in [7, 11) is 1.63. The second kappa shape index (κ2) is 8.98. The van der Waals surface area contributed by atoms with Gasteiger partial charge in [-0.25, -0.2) is 4.68 Å². The minimum Gasteiger partial charge on any atom is -0.341 e. The van der Waals surface area contributed by atoms with Gasteiger partial charge in [0.2, 0.25) is 5.91 Å². The molecule has 0 aliphatic carbocycles. The van der Waals surface area contributed by atoms with E-state index in [-0.39, 0.29) is 17.9 Å². The molecule has 2 aromatic carbocycles. The quantitative estimate of drug-likeness (QED) is 0.646. The molecule has 7 heteroatoms. The molecule has 156 valence electrons. The summed E-state index contributed by atoms with van der Waals surface area (Å²) >= 11 is 5.97. The Balaban J connectivity index is 1.43. The van der Waals surface area contributed by atoms with Gasteiger partial charge in [0, 0.05) is 50.2 Å². The van der Waals surface area contributed by atoms with E-state index >= 15 is 0 Å². The van der Waals surface area contributed by atoms with Gasteiger partial charge >= 0.3 is 0 Å². The Morgan fingerprint density at radius 1 is 1.00 bits per heavy atom. The number of fused-ring (bicyclic) bond motifs is 1. The molecule has 6 nitrogen and oxygen atoms in total. The van der Waals surface area contributed by atoms with Crippen LogP contribution in [0.5, 0.6) is 0 Å². The molecule has 1 saturated heterocycles. The molecule has 0 spiro atoms. The van der Waals surface area contributed by atoms with Gasteiger partial charge in [-0.15, -0.1) is 0 Å². The monoisotopic (exact) mass is 424 g/mol. The van der Waals surface area contributed by atoms with E-state index in [1.807, 2.05) is 47.4 Å². The Labute approximate surface area is 180 Å². The Hall–Kier alpha value is -2.70. The molecule has 3 aromatic rings. The van der Waals surface area contributed by atoms with Gasteiger partial charge < -0.3 is 4.90 Å². The highest BCUT2D eigenvalue weighted by molar-refractivity contribution is 6.30. The van der Waals surface area contributed by atoms with E-state index in [0.29, 0.717) is 17.6 Å².